The molecule has 16 heavy (non-hydrogen) atoms. The Kier molecular flexibility index (Phi) is 14.6. The zero-order chi connectivity index (χ0) is 11.9. The molecule has 0 fully saturated rings. The number of nitrogens with one attached hydrogen (secondary N) is 1. The molecular weight excluding hydrogens is 210 g/mol. The summed E-state index contributed by atoms with van der Waals surface area (Å²) in [6.07, 6.45) is 1.87. The molecule has 2 N–H and O–H groups in total. The lowest BCUT2D eigenvalue weighted by Crippen LogP contribution is -2.22. The summed E-state index contributed by atoms with van der Waals surface area (Å²) >= 11 is 0. The number of ether oxygens (including phenoxy) is 3. The molecule has 0 amide bonds. The fourth-order valence-corrected chi connectivity index (χ4v) is 1.10. The third kappa shape index (κ3) is 13.8. The maximum atomic E-state index is 8.55. The van der Waals surface area contributed by atoms with Crippen LogP contribution in [-0.4, -0.2) is 64.9 Å². The van der Waals surface area contributed by atoms with E-state index >= 15 is 0 Å². The predicted octanol–water partition coefficient (Wildman–Crippen LogP) is 0.0281. The second-order valence-electron chi connectivity index (χ2n) is 3.40. The largest absolute Gasteiger partial charge is 0.396 e. The normalized spacial score (nSPS) is 10.9. The van der Waals surface area contributed by atoms with Crippen LogP contribution in [0.5, 0.6) is 0 Å². The van der Waals surface area contributed by atoms with Gasteiger partial charge in [-0.25, -0.2) is 0 Å². The van der Waals surface area contributed by atoms with Gasteiger partial charge in [0.25, 0.3) is 0 Å². The number of hydrogen-bond donors (Lipinski definition) is 2. The molecule has 98 valence electrons. The molecule has 0 saturated heterocycles. The van der Waals surface area contributed by atoms with E-state index in [1.165, 1.54) is 0 Å². The first-order valence-corrected chi connectivity index (χ1v) is 5.87. The summed E-state index contributed by atoms with van der Waals surface area (Å²) in [6.45, 7) is 5.27. The quantitative estimate of drug-likeness (QED) is 0.441. The van der Waals surface area contributed by atoms with Gasteiger partial charge in [0.15, 0.2) is 0 Å². The second-order valence-corrected chi connectivity index (χ2v) is 3.40. The Labute approximate surface area is 98.1 Å². The zero-order valence-corrected chi connectivity index (χ0v) is 10.2. The maximum Gasteiger partial charge on any atom is 0.0701 e. The molecule has 0 aliphatic heterocycles. The molecule has 0 radical (unpaired) electrons. The summed E-state index contributed by atoms with van der Waals surface area (Å²) in [4.78, 5) is 0. The summed E-state index contributed by atoms with van der Waals surface area (Å²) < 4.78 is 15.4. The first-order valence-electron chi connectivity index (χ1n) is 5.87. The van der Waals surface area contributed by atoms with E-state index in [0.717, 1.165) is 25.9 Å². The van der Waals surface area contributed by atoms with Crippen molar-refractivity contribution in [2.24, 2.45) is 0 Å². The molecule has 0 heterocycles. The van der Waals surface area contributed by atoms with Crippen LogP contribution < -0.4 is 5.32 Å². The highest BCUT2D eigenvalue weighted by Gasteiger charge is 1.91. The third-order valence-corrected chi connectivity index (χ3v) is 1.99. The van der Waals surface area contributed by atoms with Gasteiger partial charge in [0.2, 0.25) is 0 Å². The number of hydrogen-bond acceptors (Lipinski definition) is 5. The lowest BCUT2D eigenvalue weighted by molar-refractivity contribution is 0.0256. The van der Waals surface area contributed by atoms with Crippen LogP contribution in [-0.2, 0) is 14.2 Å². The second kappa shape index (κ2) is 14.8. The Hall–Kier alpha value is -0.200. The first-order chi connectivity index (χ1) is 7.91. The smallest absolute Gasteiger partial charge is 0.0701 e. The van der Waals surface area contributed by atoms with Crippen molar-refractivity contribution in [3.05, 3.63) is 0 Å². The Morgan fingerprint density at radius 3 is 2.25 bits per heavy atom. The lowest BCUT2D eigenvalue weighted by Gasteiger charge is -2.06. The lowest BCUT2D eigenvalue weighted by atomic mass is 10.3. The van der Waals surface area contributed by atoms with Crippen molar-refractivity contribution in [2.45, 2.75) is 12.8 Å². The van der Waals surface area contributed by atoms with Crippen LogP contribution in [0.3, 0.4) is 0 Å². The molecule has 5 nitrogen and oxygen atoms in total. The molecule has 0 aromatic heterocycles. The van der Waals surface area contributed by atoms with Crippen molar-refractivity contribution < 1.29 is 19.3 Å². The molecule has 0 aromatic carbocycles. The summed E-state index contributed by atoms with van der Waals surface area (Å²) in [7, 11) is 1.66. The summed E-state index contributed by atoms with van der Waals surface area (Å²) in [5, 5.41) is 11.8. The molecular formula is C11H25NO4. The number of methoxy groups -OCH3 is 1. The summed E-state index contributed by atoms with van der Waals surface area (Å²) in [5.41, 5.74) is 0. The minimum absolute atomic E-state index is 0.275. The molecule has 0 aliphatic rings. The van der Waals surface area contributed by atoms with Gasteiger partial charge in [-0.15, -0.1) is 0 Å². The van der Waals surface area contributed by atoms with E-state index in [9.17, 15) is 0 Å². The average Bonchev–Trinajstić information content (AvgIpc) is 2.31. The van der Waals surface area contributed by atoms with E-state index in [-0.39, 0.29) is 6.61 Å². The van der Waals surface area contributed by atoms with Crippen LogP contribution in [0.4, 0.5) is 0 Å². The van der Waals surface area contributed by atoms with E-state index < -0.39 is 0 Å². The van der Waals surface area contributed by atoms with Crippen molar-refractivity contribution >= 4 is 0 Å². The van der Waals surface area contributed by atoms with Crippen molar-refractivity contribution in [1.29, 1.82) is 0 Å². The monoisotopic (exact) mass is 235 g/mol. The van der Waals surface area contributed by atoms with Crippen LogP contribution >= 0.6 is 0 Å². The topological polar surface area (TPSA) is 60.0 Å². The Bertz CT molecular complexity index is 111. The third-order valence-electron chi connectivity index (χ3n) is 1.99. The maximum absolute atomic E-state index is 8.55. The fourth-order valence-electron chi connectivity index (χ4n) is 1.10. The van der Waals surface area contributed by atoms with E-state index in [1.807, 2.05) is 0 Å². The van der Waals surface area contributed by atoms with E-state index in [4.69, 9.17) is 19.3 Å². The highest BCUT2D eigenvalue weighted by atomic mass is 16.5. The van der Waals surface area contributed by atoms with E-state index in [0.29, 0.717) is 33.0 Å². The van der Waals surface area contributed by atoms with Crippen LogP contribution in [0.15, 0.2) is 0 Å². The van der Waals surface area contributed by atoms with E-state index in [2.05, 4.69) is 5.32 Å². The molecule has 0 aromatic rings. The molecule has 0 saturated carbocycles. The van der Waals surface area contributed by atoms with Gasteiger partial charge in [-0.2, -0.15) is 0 Å². The zero-order valence-electron chi connectivity index (χ0n) is 10.2. The van der Waals surface area contributed by atoms with Crippen LogP contribution in [0, 0.1) is 0 Å². The van der Waals surface area contributed by atoms with E-state index in [1.54, 1.807) is 7.11 Å². The van der Waals surface area contributed by atoms with Crippen LogP contribution in [0.25, 0.3) is 0 Å². The Balaban J connectivity index is 2.83. The van der Waals surface area contributed by atoms with Crippen molar-refractivity contribution in [1.82, 2.24) is 5.32 Å². The average molecular weight is 235 g/mol. The highest BCUT2D eigenvalue weighted by molar-refractivity contribution is 4.46. The number of aliphatic hydroxyl groups is 1. The first kappa shape index (κ1) is 15.8. The van der Waals surface area contributed by atoms with Gasteiger partial charge >= 0.3 is 0 Å². The molecule has 0 aliphatic carbocycles. The molecule has 0 spiro atoms. The minimum atomic E-state index is 0.275. The van der Waals surface area contributed by atoms with Gasteiger partial charge < -0.3 is 24.6 Å². The standard InChI is InChI=1S/C11H25NO4/c1-14-8-9-16-11-10-15-7-5-12-4-2-3-6-13/h12-13H,2-11H2,1H3. The Morgan fingerprint density at radius 1 is 0.875 bits per heavy atom. The number of rotatable bonds is 13. The van der Waals surface area contributed by atoms with Crippen molar-refractivity contribution in [3.8, 4) is 0 Å². The molecule has 0 atom stereocenters. The Morgan fingerprint density at radius 2 is 1.56 bits per heavy atom. The molecule has 0 rings (SSSR count). The summed E-state index contributed by atoms with van der Waals surface area (Å²) in [5.74, 6) is 0. The highest BCUT2D eigenvalue weighted by Crippen LogP contribution is 1.83. The van der Waals surface area contributed by atoms with Gasteiger partial charge in [-0.3, -0.25) is 0 Å². The SMILES string of the molecule is COCCOCCOCCNCCCCO. The van der Waals surface area contributed by atoms with Crippen molar-refractivity contribution in [2.75, 3.05) is 59.8 Å². The van der Waals surface area contributed by atoms with Crippen molar-refractivity contribution in [3.63, 3.8) is 0 Å². The van der Waals surface area contributed by atoms with Gasteiger partial charge in [-0.1, -0.05) is 0 Å². The minimum Gasteiger partial charge on any atom is -0.396 e. The fraction of sp³-hybridized carbons (Fsp3) is 1.00. The number of aliphatic hydroxyl groups excluding tert-OH is 1. The number of unbranched alkanes of at least 4 members (excludes halogenated alkanes) is 1. The van der Waals surface area contributed by atoms with Gasteiger partial charge in [0.1, 0.15) is 0 Å². The van der Waals surface area contributed by atoms with Gasteiger partial charge in [0, 0.05) is 20.3 Å². The molecule has 0 unspecified atom stereocenters. The van der Waals surface area contributed by atoms with Crippen LogP contribution in [0.2, 0.25) is 0 Å². The molecule has 5 heteroatoms. The van der Waals surface area contributed by atoms with Gasteiger partial charge in [0.05, 0.1) is 33.0 Å². The van der Waals surface area contributed by atoms with Gasteiger partial charge in [-0.05, 0) is 19.4 Å². The predicted molar refractivity (Wildman–Crippen MR) is 62.7 cm³/mol. The summed E-state index contributed by atoms with van der Waals surface area (Å²) in [6, 6.07) is 0. The molecule has 0 bridgehead atoms. The van der Waals surface area contributed by atoms with Crippen LogP contribution in [0.1, 0.15) is 12.8 Å².